The summed E-state index contributed by atoms with van der Waals surface area (Å²) >= 11 is 0. The van der Waals surface area contributed by atoms with Crippen LogP contribution >= 0.6 is 0 Å². The van der Waals surface area contributed by atoms with Gasteiger partial charge in [0.2, 0.25) is 0 Å². The van der Waals surface area contributed by atoms with Gasteiger partial charge in [-0.1, -0.05) is 58.0 Å². The van der Waals surface area contributed by atoms with E-state index in [4.69, 9.17) is 4.74 Å². The Hall–Kier alpha value is -1.39. The van der Waals surface area contributed by atoms with Gasteiger partial charge in [0.1, 0.15) is 0 Å². The average molecular weight is 320 g/mol. The standard InChI is InChI=1S/C19H32N2O2/c1-6-20(7-2)15-17(19(22)23-5)18(21(8-3)9-4)16-13-11-10-12-14-16/h10-14,17-18H,6-9,15H2,1-5H3/t17-,18+/m0/s1. The zero-order valence-corrected chi connectivity index (χ0v) is 15.3. The molecule has 1 rings (SSSR count). The Bertz CT molecular complexity index is 442. The Labute approximate surface area is 141 Å². The van der Waals surface area contributed by atoms with E-state index in [1.165, 1.54) is 12.7 Å². The van der Waals surface area contributed by atoms with E-state index in [0.717, 1.165) is 32.7 Å². The average Bonchev–Trinajstić information content (AvgIpc) is 2.61. The molecule has 4 nitrogen and oxygen atoms in total. The van der Waals surface area contributed by atoms with Crippen molar-refractivity contribution in [2.24, 2.45) is 5.92 Å². The van der Waals surface area contributed by atoms with E-state index in [1.807, 2.05) is 18.2 Å². The van der Waals surface area contributed by atoms with Gasteiger partial charge in [-0.2, -0.15) is 0 Å². The van der Waals surface area contributed by atoms with Crippen LogP contribution in [0.15, 0.2) is 30.3 Å². The van der Waals surface area contributed by atoms with Crippen LogP contribution in [0.25, 0.3) is 0 Å². The maximum atomic E-state index is 12.6. The SMILES string of the molecule is CCN(CC)C[C@H](C(=O)OC)[C@@H](c1ccccc1)N(CC)CC. The third kappa shape index (κ3) is 5.33. The normalized spacial score (nSPS) is 14.0. The highest BCUT2D eigenvalue weighted by atomic mass is 16.5. The molecule has 0 N–H and O–H groups in total. The first-order valence-corrected chi connectivity index (χ1v) is 8.71. The van der Waals surface area contributed by atoms with Crippen LogP contribution in [-0.2, 0) is 9.53 Å². The molecule has 0 aromatic heterocycles. The van der Waals surface area contributed by atoms with Crippen molar-refractivity contribution in [3.8, 4) is 0 Å². The molecule has 0 fully saturated rings. The molecular formula is C19H32N2O2. The van der Waals surface area contributed by atoms with Crippen molar-refractivity contribution >= 4 is 5.97 Å². The van der Waals surface area contributed by atoms with Crippen molar-refractivity contribution in [1.29, 1.82) is 0 Å². The topological polar surface area (TPSA) is 32.8 Å². The zero-order chi connectivity index (χ0) is 17.2. The van der Waals surface area contributed by atoms with Gasteiger partial charge >= 0.3 is 5.97 Å². The molecule has 0 saturated carbocycles. The molecule has 23 heavy (non-hydrogen) atoms. The van der Waals surface area contributed by atoms with Crippen molar-refractivity contribution in [1.82, 2.24) is 9.80 Å². The highest BCUT2D eigenvalue weighted by Gasteiger charge is 2.34. The number of esters is 1. The van der Waals surface area contributed by atoms with E-state index >= 15 is 0 Å². The first kappa shape index (κ1) is 19.7. The molecule has 2 atom stereocenters. The molecule has 0 aliphatic rings. The zero-order valence-electron chi connectivity index (χ0n) is 15.3. The van der Waals surface area contributed by atoms with Crippen LogP contribution in [0.1, 0.15) is 39.3 Å². The number of benzene rings is 1. The van der Waals surface area contributed by atoms with Crippen LogP contribution < -0.4 is 0 Å². The summed E-state index contributed by atoms with van der Waals surface area (Å²) in [4.78, 5) is 17.2. The minimum atomic E-state index is -0.192. The van der Waals surface area contributed by atoms with Gasteiger partial charge in [-0.3, -0.25) is 9.69 Å². The maximum Gasteiger partial charge on any atom is 0.311 e. The summed E-state index contributed by atoms with van der Waals surface area (Å²) in [6.45, 7) is 12.9. The molecule has 130 valence electrons. The molecular weight excluding hydrogens is 288 g/mol. The molecule has 0 spiro atoms. The lowest BCUT2D eigenvalue weighted by Crippen LogP contribution is -2.43. The van der Waals surface area contributed by atoms with E-state index in [2.05, 4.69) is 49.6 Å². The fraction of sp³-hybridized carbons (Fsp3) is 0.632. The third-order valence-corrected chi connectivity index (χ3v) is 4.58. The monoisotopic (exact) mass is 320 g/mol. The fourth-order valence-electron chi connectivity index (χ4n) is 3.18. The van der Waals surface area contributed by atoms with E-state index in [9.17, 15) is 4.79 Å². The number of ether oxygens (including phenoxy) is 1. The van der Waals surface area contributed by atoms with Gasteiger partial charge in [0.25, 0.3) is 0 Å². The molecule has 0 bridgehead atoms. The summed E-state index contributed by atoms with van der Waals surface area (Å²) in [5.41, 5.74) is 1.18. The smallest absolute Gasteiger partial charge is 0.311 e. The lowest BCUT2D eigenvalue weighted by atomic mass is 9.90. The highest BCUT2D eigenvalue weighted by Crippen LogP contribution is 2.30. The van der Waals surface area contributed by atoms with Crippen LogP contribution in [-0.4, -0.2) is 55.6 Å². The van der Waals surface area contributed by atoms with Gasteiger partial charge in [-0.15, -0.1) is 0 Å². The molecule has 0 heterocycles. The van der Waals surface area contributed by atoms with Crippen LogP contribution in [0.5, 0.6) is 0 Å². The third-order valence-electron chi connectivity index (χ3n) is 4.58. The van der Waals surface area contributed by atoms with Crippen molar-refractivity contribution < 1.29 is 9.53 Å². The van der Waals surface area contributed by atoms with Crippen LogP contribution in [0.4, 0.5) is 0 Å². The van der Waals surface area contributed by atoms with Crippen molar-refractivity contribution in [3.05, 3.63) is 35.9 Å². The highest BCUT2D eigenvalue weighted by molar-refractivity contribution is 5.73. The Morgan fingerprint density at radius 2 is 1.57 bits per heavy atom. The van der Waals surface area contributed by atoms with Gasteiger partial charge in [0.15, 0.2) is 0 Å². The van der Waals surface area contributed by atoms with Gasteiger partial charge in [-0.05, 0) is 31.7 Å². The number of methoxy groups -OCH3 is 1. The van der Waals surface area contributed by atoms with Crippen LogP contribution in [0, 0.1) is 5.92 Å². The molecule has 4 heteroatoms. The predicted molar refractivity (Wildman–Crippen MR) is 95.4 cm³/mol. The van der Waals surface area contributed by atoms with E-state index in [1.54, 1.807) is 0 Å². The Balaban J connectivity index is 3.22. The molecule has 0 unspecified atom stereocenters. The maximum absolute atomic E-state index is 12.6. The van der Waals surface area contributed by atoms with E-state index in [-0.39, 0.29) is 17.9 Å². The second kappa shape index (κ2) is 10.4. The molecule has 0 aliphatic heterocycles. The first-order valence-electron chi connectivity index (χ1n) is 8.71. The van der Waals surface area contributed by atoms with Crippen LogP contribution in [0.2, 0.25) is 0 Å². The number of carbonyl (C=O) groups is 1. The Morgan fingerprint density at radius 3 is 2.00 bits per heavy atom. The van der Waals surface area contributed by atoms with Gasteiger partial charge in [0, 0.05) is 12.6 Å². The molecule has 1 aromatic rings. The number of hydrogen-bond donors (Lipinski definition) is 0. The Kier molecular flexibility index (Phi) is 8.89. The number of hydrogen-bond acceptors (Lipinski definition) is 4. The van der Waals surface area contributed by atoms with Gasteiger partial charge < -0.3 is 9.64 Å². The summed E-state index contributed by atoms with van der Waals surface area (Å²) in [6, 6.07) is 10.4. The fourth-order valence-corrected chi connectivity index (χ4v) is 3.18. The minimum absolute atomic E-state index is 0.0410. The van der Waals surface area contributed by atoms with Gasteiger partial charge in [0.05, 0.1) is 13.0 Å². The molecule has 1 aromatic carbocycles. The summed E-state index contributed by atoms with van der Waals surface area (Å²) in [6.07, 6.45) is 0. The quantitative estimate of drug-likeness (QED) is 0.620. The van der Waals surface area contributed by atoms with E-state index < -0.39 is 0 Å². The molecule has 0 saturated heterocycles. The van der Waals surface area contributed by atoms with Crippen molar-refractivity contribution in [2.75, 3.05) is 39.8 Å². The lowest BCUT2D eigenvalue weighted by molar-refractivity contribution is -0.149. The van der Waals surface area contributed by atoms with E-state index in [0.29, 0.717) is 0 Å². The molecule has 0 aliphatic carbocycles. The van der Waals surface area contributed by atoms with Gasteiger partial charge in [-0.25, -0.2) is 0 Å². The lowest BCUT2D eigenvalue weighted by Gasteiger charge is -2.37. The second-order valence-electron chi connectivity index (χ2n) is 5.69. The molecule has 0 amide bonds. The predicted octanol–water partition coefficient (Wildman–Crippen LogP) is 3.20. The number of rotatable bonds is 10. The summed E-state index contributed by atoms with van der Waals surface area (Å²) in [5, 5.41) is 0. The molecule has 0 radical (unpaired) electrons. The van der Waals surface area contributed by atoms with Crippen LogP contribution in [0.3, 0.4) is 0 Å². The Morgan fingerprint density at radius 1 is 1.00 bits per heavy atom. The van der Waals surface area contributed by atoms with Crippen molar-refractivity contribution in [2.45, 2.75) is 33.7 Å². The number of carbonyl (C=O) groups excluding carboxylic acids is 1. The summed E-state index contributed by atoms with van der Waals surface area (Å²) in [5.74, 6) is -0.320. The number of nitrogens with zero attached hydrogens (tertiary/aromatic N) is 2. The summed E-state index contributed by atoms with van der Waals surface area (Å²) in [7, 11) is 1.49. The largest absolute Gasteiger partial charge is 0.469 e. The minimum Gasteiger partial charge on any atom is -0.469 e. The van der Waals surface area contributed by atoms with Crippen molar-refractivity contribution in [3.63, 3.8) is 0 Å². The summed E-state index contributed by atoms with van der Waals surface area (Å²) < 4.78 is 5.15. The first-order chi connectivity index (χ1) is 11.1. The second-order valence-corrected chi connectivity index (χ2v) is 5.69.